The Hall–Kier alpha value is -0.950. The van der Waals surface area contributed by atoms with Crippen molar-refractivity contribution in [1.82, 2.24) is 0 Å². The molecule has 0 N–H and O–H groups in total. The fraction of sp³-hybridized carbons (Fsp3) is 0.500. The summed E-state index contributed by atoms with van der Waals surface area (Å²) in [6.45, 7) is 0.458. The summed E-state index contributed by atoms with van der Waals surface area (Å²) in [7, 11) is 0. The topological polar surface area (TPSA) is 9.23 Å². The molecule has 1 aliphatic rings. The summed E-state index contributed by atoms with van der Waals surface area (Å²) in [5.41, 5.74) is 1.10. The molecule has 0 spiro atoms. The highest BCUT2D eigenvalue weighted by atomic mass is 35.5. The molecule has 112 valence electrons. The number of fused-ring (bicyclic) bond motifs is 1. The van der Waals surface area contributed by atoms with Gasteiger partial charge in [-0.1, -0.05) is 18.2 Å². The molecule has 0 bridgehead atoms. The fourth-order valence-electron chi connectivity index (χ4n) is 2.07. The number of hydrogen-bond donors (Lipinski definition) is 0. The maximum atomic E-state index is 12.6. The van der Waals surface area contributed by atoms with Gasteiger partial charge in [-0.2, -0.15) is 26.3 Å². The average Bonchev–Trinajstić information content (AvgIpc) is 2.71. The number of alkyl halides is 7. The number of halogens is 7. The molecule has 1 unspecified atom stereocenters. The Morgan fingerprint density at radius 3 is 2.05 bits per heavy atom. The van der Waals surface area contributed by atoms with E-state index in [2.05, 4.69) is 0 Å². The minimum absolute atomic E-state index is 0.162. The van der Waals surface area contributed by atoms with Crippen molar-refractivity contribution in [3.05, 3.63) is 34.9 Å². The Bertz CT molecular complexity index is 482. The van der Waals surface area contributed by atoms with Crippen LogP contribution in [0.2, 0.25) is 0 Å². The molecule has 1 aromatic carbocycles. The van der Waals surface area contributed by atoms with Crippen LogP contribution in [0, 0.1) is 5.92 Å². The van der Waals surface area contributed by atoms with E-state index in [9.17, 15) is 26.3 Å². The summed E-state index contributed by atoms with van der Waals surface area (Å²) < 4.78 is 80.6. The molecule has 0 saturated heterocycles. The van der Waals surface area contributed by atoms with E-state index >= 15 is 0 Å². The lowest BCUT2D eigenvalue weighted by atomic mass is 9.95. The van der Waals surface area contributed by atoms with E-state index in [4.69, 9.17) is 16.3 Å². The van der Waals surface area contributed by atoms with Crippen LogP contribution in [0.25, 0.3) is 0 Å². The third-order valence-electron chi connectivity index (χ3n) is 3.06. The second-order valence-electron chi connectivity index (χ2n) is 4.48. The van der Waals surface area contributed by atoms with Crippen molar-refractivity contribution in [2.45, 2.75) is 30.9 Å². The summed E-state index contributed by atoms with van der Waals surface area (Å²) in [5.74, 6) is -3.60. The molecule has 0 aliphatic carbocycles. The van der Waals surface area contributed by atoms with Crippen LogP contribution in [-0.2, 0) is 18.0 Å². The zero-order valence-electron chi connectivity index (χ0n) is 9.85. The molecule has 1 heterocycles. The first-order valence-electron chi connectivity index (χ1n) is 5.57. The minimum atomic E-state index is -5.46. The predicted octanol–water partition coefficient (Wildman–Crippen LogP) is 4.74. The molecule has 2 rings (SSSR count). The normalized spacial score (nSPS) is 17.4. The van der Waals surface area contributed by atoms with Gasteiger partial charge < -0.3 is 4.74 Å². The second kappa shape index (κ2) is 5.11. The van der Waals surface area contributed by atoms with Crippen molar-refractivity contribution in [2.75, 3.05) is 0 Å². The highest BCUT2D eigenvalue weighted by molar-refractivity contribution is 6.21. The lowest BCUT2D eigenvalue weighted by Gasteiger charge is -2.27. The first kappa shape index (κ1) is 15.4. The Balaban J connectivity index is 2.35. The highest BCUT2D eigenvalue weighted by Gasteiger charge is 2.60. The summed E-state index contributed by atoms with van der Waals surface area (Å²) in [6, 6.07) is 3.86. The van der Waals surface area contributed by atoms with Crippen LogP contribution in [0.3, 0.4) is 0 Å². The van der Waals surface area contributed by atoms with E-state index in [1.165, 1.54) is 18.2 Å². The third-order valence-corrected chi connectivity index (χ3v) is 3.57. The van der Waals surface area contributed by atoms with Gasteiger partial charge in [0.25, 0.3) is 0 Å². The second-order valence-corrected chi connectivity index (χ2v) is 4.95. The first-order valence-corrected chi connectivity index (χ1v) is 6.01. The quantitative estimate of drug-likeness (QED) is 0.565. The largest absolute Gasteiger partial charge is 0.402 e. The van der Waals surface area contributed by atoms with Crippen LogP contribution in [0.5, 0.6) is 0 Å². The monoisotopic (exact) mass is 318 g/mol. The van der Waals surface area contributed by atoms with Crippen LogP contribution in [0.1, 0.15) is 22.1 Å². The van der Waals surface area contributed by atoms with E-state index in [1.54, 1.807) is 0 Å². The molecule has 0 aromatic heterocycles. The van der Waals surface area contributed by atoms with E-state index in [0.717, 1.165) is 5.56 Å². The fourth-order valence-corrected chi connectivity index (χ4v) is 2.49. The number of ether oxygens (including phenoxy) is 1. The van der Waals surface area contributed by atoms with Gasteiger partial charge in [0.2, 0.25) is 0 Å². The van der Waals surface area contributed by atoms with Crippen molar-refractivity contribution in [2.24, 2.45) is 5.92 Å². The standard InChI is InChI=1S/C12H9ClF6O/c13-9(10(11(14,15)16)12(17,18)19)6-1-2-7-4-20-5-8(7)3-6/h1-3,9-10H,4-5H2. The molecule has 1 atom stereocenters. The van der Waals surface area contributed by atoms with E-state index in [1.807, 2.05) is 0 Å². The maximum absolute atomic E-state index is 12.6. The Labute approximate surface area is 115 Å². The summed E-state index contributed by atoms with van der Waals surface area (Å²) in [6.07, 6.45) is -10.9. The van der Waals surface area contributed by atoms with Gasteiger partial charge in [-0.15, -0.1) is 11.6 Å². The van der Waals surface area contributed by atoms with Crippen LogP contribution in [-0.4, -0.2) is 12.4 Å². The van der Waals surface area contributed by atoms with Gasteiger partial charge >= 0.3 is 12.4 Å². The van der Waals surface area contributed by atoms with Crippen molar-refractivity contribution < 1.29 is 31.1 Å². The van der Waals surface area contributed by atoms with Gasteiger partial charge in [0.1, 0.15) is 0 Å². The van der Waals surface area contributed by atoms with Crippen LogP contribution < -0.4 is 0 Å². The van der Waals surface area contributed by atoms with Crippen molar-refractivity contribution in [3.8, 4) is 0 Å². The molecule has 20 heavy (non-hydrogen) atoms. The van der Waals surface area contributed by atoms with Gasteiger partial charge in [-0.25, -0.2) is 0 Å². The Morgan fingerprint density at radius 2 is 1.50 bits per heavy atom. The molecule has 1 aliphatic heterocycles. The Morgan fingerprint density at radius 1 is 0.950 bits per heavy atom. The smallest absolute Gasteiger partial charge is 0.372 e. The van der Waals surface area contributed by atoms with Crippen LogP contribution >= 0.6 is 11.6 Å². The zero-order chi connectivity index (χ0) is 15.1. The summed E-state index contributed by atoms with van der Waals surface area (Å²) in [4.78, 5) is 0. The third kappa shape index (κ3) is 3.03. The molecule has 0 radical (unpaired) electrons. The van der Waals surface area contributed by atoms with Gasteiger partial charge in [-0.3, -0.25) is 0 Å². The van der Waals surface area contributed by atoms with E-state index in [-0.39, 0.29) is 12.2 Å². The molecule has 1 aromatic rings. The molecule has 8 heteroatoms. The van der Waals surface area contributed by atoms with Crippen molar-refractivity contribution in [3.63, 3.8) is 0 Å². The van der Waals surface area contributed by atoms with E-state index < -0.39 is 23.6 Å². The molecule has 0 fully saturated rings. The molecule has 1 nitrogen and oxygen atoms in total. The van der Waals surface area contributed by atoms with Crippen LogP contribution in [0.15, 0.2) is 18.2 Å². The van der Waals surface area contributed by atoms with Gasteiger partial charge in [-0.05, 0) is 16.7 Å². The average molecular weight is 319 g/mol. The molecule has 0 amide bonds. The Kier molecular flexibility index (Phi) is 3.94. The molecular weight excluding hydrogens is 310 g/mol. The van der Waals surface area contributed by atoms with E-state index in [0.29, 0.717) is 12.2 Å². The highest BCUT2D eigenvalue weighted by Crippen LogP contribution is 2.49. The number of benzene rings is 1. The van der Waals surface area contributed by atoms with Gasteiger partial charge in [0.05, 0.1) is 18.6 Å². The van der Waals surface area contributed by atoms with Crippen molar-refractivity contribution >= 4 is 11.6 Å². The van der Waals surface area contributed by atoms with Gasteiger partial charge in [0.15, 0.2) is 5.92 Å². The lowest BCUT2D eigenvalue weighted by Crippen LogP contribution is -2.39. The molecular formula is C12H9ClF6O. The zero-order valence-corrected chi connectivity index (χ0v) is 10.6. The lowest BCUT2D eigenvalue weighted by molar-refractivity contribution is -0.284. The van der Waals surface area contributed by atoms with Gasteiger partial charge in [0, 0.05) is 0 Å². The first-order chi connectivity index (χ1) is 9.10. The maximum Gasteiger partial charge on any atom is 0.402 e. The summed E-state index contributed by atoms with van der Waals surface area (Å²) in [5, 5.41) is -2.22. The van der Waals surface area contributed by atoms with Crippen LogP contribution in [0.4, 0.5) is 26.3 Å². The number of rotatable bonds is 2. The predicted molar refractivity (Wildman–Crippen MR) is 59.1 cm³/mol. The van der Waals surface area contributed by atoms with Crippen molar-refractivity contribution in [1.29, 1.82) is 0 Å². The number of hydrogen-bond acceptors (Lipinski definition) is 1. The molecule has 0 saturated carbocycles. The summed E-state index contributed by atoms with van der Waals surface area (Å²) >= 11 is 5.46. The SMILES string of the molecule is FC(F)(F)C(C(Cl)c1ccc2c(c1)COC2)C(F)(F)F. The minimum Gasteiger partial charge on any atom is -0.372 e.